The van der Waals surface area contributed by atoms with Gasteiger partial charge in [-0.25, -0.2) is 0 Å². The quantitative estimate of drug-likeness (QED) is 0.453. The number of ether oxygens (including phenoxy) is 1. The molecule has 2 unspecified atom stereocenters. The summed E-state index contributed by atoms with van der Waals surface area (Å²) in [7, 11) is 0. The molecule has 4 saturated carbocycles. The first kappa shape index (κ1) is 21.8. The van der Waals surface area contributed by atoms with Gasteiger partial charge in [-0.15, -0.1) is 6.58 Å². The highest BCUT2D eigenvalue weighted by Gasteiger charge is 2.65. The lowest BCUT2D eigenvalue weighted by atomic mass is 9.43. The summed E-state index contributed by atoms with van der Waals surface area (Å²) < 4.78 is 6.07. The van der Waals surface area contributed by atoms with Crippen LogP contribution in [0.2, 0.25) is 0 Å². The third kappa shape index (κ3) is 3.20. The monoisotopic (exact) mass is 414 g/mol. The maximum Gasteiger partial charge on any atom is 0.306 e. The molecule has 0 aromatic carbocycles. The maximum atomic E-state index is 13.7. The third-order valence-corrected chi connectivity index (χ3v) is 9.68. The summed E-state index contributed by atoms with van der Waals surface area (Å²) in [6.07, 6.45) is 10.3. The Kier molecular flexibility index (Phi) is 5.74. The molecule has 4 fully saturated rings. The fourth-order valence-electron chi connectivity index (χ4n) is 8.38. The minimum atomic E-state index is -0.266. The van der Waals surface area contributed by atoms with Crippen LogP contribution in [0.4, 0.5) is 0 Å². The fourth-order valence-corrected chi connectivity index (χ4v) is 8.38. The molecule has 4 aliphatic rings. The van der Waals surface area contributed by atoms with Crippen LogP contribution < -0.4 is 0 Å². The van der Waals surface area contributed by atoms with Crippen LogP contribution in [0, 0.1) is 40.4 Å². The summed E-state index contributed by atoms with van der Waals surface area (Å²) in [6.45, 7) is 9.85. The van der Waals surface area contributed by atoms with E-state index in [1.165, 1.54) is 0 Å². The van der Waals surface area contributed by atoms with Crippen molar-refractivity contribution in [3.05, 3.63) is 12.7 Å². The van der Waals surface area contributed by atoms with Gasteiger partial charge in [-0.3, -0.25) is 14.4 Å². The highest BCUT2D eigenvalue weighted by atomic mass is 16.5. The number of carbonyl (C=O) groups excluding carboxylic acids is 3. The molecule has 4 heteroatoms. The highest BCUT2D eigenvalue weighted by Crippen LogP contribution is 2.66. The van der Waals surface area contributed by atoms with Crippen LogP contribution in [0.15, 0.2) is 12.7 Å². The molecule has 0 aromatic rings. The molecule has 0 saturated heterocycles. The van der Waals surface area contributed by atoms with E-state index in [9.17, 15) is 14.4 Å². The molecule has 0 bridgehead atoms. The average Bonchev–Trinajstić information content (AvgIpc) is 3.03. The van der Waals surface area contributed by atoms with E-state index in [0.29, 0.717) is 42.8 Å². The Bertz CT molecular complexity index is 741. The van der Waals surface area contributed by atoms with Crippen LogP contribution >= 0.6 is 0 Å². The van der Waals surface area contributed by atoms with Crippen LogP contribution in [-0.4, -0.2) is 23.6 Å². The SMILES string of the molecule is C=CCCC(=O)OC1CCCC2CC[C@@H]3[C@H](C(=O)C[C@]4(C)[C@@H](C(C)=O)CC[C@@H]34)[C@]21C. The van der Waals surface area contributed by atoms with E-state index in [2.05, 4.69) is 20.4 Å². The van der Waals surface area contributed by atoms with Gasteiger partial charge >= 0.3 is 5.97 Å². The summed E-state index contributed by atoms with van der Waals surface area (Å²) in [6, 6.07) is 0. The number of esters is 1. The smallest absolute Gasteiger partial charge is 0.306 e. The highest BCUT2D eigenvalue weighted by molar-refractivity contribution is 5.87. The van der Waals surface area contributed by atoms with E-state index in [1.807, 2.05) is 0 Å². The van der Waals surface area contributed by atoms with Crippen molar-refractivity contribution in [3.8, 4) is 0 Å². The Morgan fingerprint density at radius 1 is 1.13 bits per heavy atom. The van der Waals surface area contributed by atoms with E-state index < -0.39 is 0 Å². The molecule has 4 aliphatic carbocycles. The summed E-state index contributed by atoms with van der Waals surface area (Å²) in [5, 5.41) is 0. The first-order valence-corrected chi connectivity index (χ1v) is 12.1. The van der Waals surface area contributed by atoms with Gasteiger partial charge in [0, 0.05) is 30.1 Å². The zero-order chi connectivity index (χ0) is 21.7. The zero-order valence-corrected chi connectivity index (χ0v) is 19.0. The molecule has 0 N–H and O–H groups in total. The van der Waals surface area contributed by atoms with E-state index >= 15 is 0 Å². The van der Waals surface area contributed by atoms with Crippen molar-refractivity contribution in [1.29, 1.82) is 0 Å². The first-order valence-electron chi connectivity index (χ1n) is 12.1. The number of hydrogen-bond acceptors (Lipinski definition) is 4. The van der Waals surface area contributed by atoms with Gasteiger partial charge in [-0.2, -0.15) is 0 Å². The Hall–Kier alpha value is -1.45. The van der Waals surface area contributed by atoms with E-state index in [4.69, 9.17) is 4.74 Å². The normalized spacial score (nSPS) is 45.1. The van der Waals surface area contributed by atoms with Crippen LogP contribution in [0.5, 0.6) is 0 Å². The molecule has 4 nitrogen and oxygen atoms in total. The minimum Gasteiger partial charge on any atom is -0.462 e. The molecule has 0 spiro atoms. The van der Waals surface area contributed by atoms with Gasteiger partial charge in [-0.1, -0.05) is 19.9 Å². The standard InChI is InChI=1S/C26H38O4/c1-5-6-10-23(29)30-22-9-7-8-17-11-12-18-20-14-13-19(16(2)27)25(20,3)15-21(28)24(18)26(17,22)4/h5,17-20,22,24H,1,6-15H2,2-4H3/t17?,18-,19+,20-,22?,24+,25+,26+/m0/s1. The number of rotatable bonds is 5. The lowest BCUT2D eigenvalue weighted by Gasteiger charge is -2.61. The second-order valence-electron chi connectivity index (χ2n) is 11.0. The van der Waals surface area contributed by atoms with Gasteiger partial charge in [0.2, 0.25) is 0 Å². The zero-order valence-electron chi connectivity index (χ0n) is 19.0. The summed E-state index contributed by atoms with van der Waals surface area (Å²) in [5.41, 5.74) is -0.449. The average molecular weight is 415 g/mol. The Labute approximate surface area is 181 Å². The number of Topliss-reactive ketones (excluding diaryl/α,β-unsaturated/α-hetero) is 2. The molecule has 4 rings (SSSR count). The first-order chi connectivity index (χ1) is 14.2. The van der Waals surface area contributed by atoms with Gasteiger partial charge in [0.1, 0.15) is 17.7 Å². The predicted molar refractivity (Wildman–Crippen MR) is 116 cm³/mol. The summed E-state index contributed by atoms with van der Waals surface area (Å²) in [4.78, 5) is 38.6. The molecule has 0 amide bonds. The van der Waals surface area contributed by atoms with Gasteiger partial charge in [0.15, 0.2) is 0 Å². The fraction of sp³-hybridized carbons (Fsp3) is 0.808. The van der Waals surface area contributed by atoms with E-state index in [1.54, 1.807) is 13.0 Å². The number of allylic oxidation sites excluding steroid dienone is 1. The Morgan fingerprint density at radius 3 is 2.60 bits per heavy atom. The molecule has 30 heavy (non-hydrogen) atoms. The molecular formula is C26H38O4. The second kappa shape index (κ2) is 7.91. The lowest BCUT2D eigenvalue weighted by molar-refractivity contribution is -0.193. The topological polar surface area (TPSA) is 60.4 Å². The van der Waals surface area contributed by atoms with Crippen molar-refractivity contribution in [2.45, 2.75) is 91.1 Å². The lowest BCUT2D eigenvalue weighted by Crippen LogP contribution is -2.61. The van der Waals surface area contributed by atoms with Crippen LogP contribution in [0.3, 0.4) is 0 Å². The van der Waals surface area contributed by atoms with Crippen molar-refractivity contribution < 1.29 is 19.1 Å². The van der Waals surface area contributed by atoms with Crippen molar-refractivity contribution in [3.63, 3.8) is 0 Å². The molecular weight excluding hydrogens is 376 g/mol. The maximum absolute atomic E-state index is 13.7. The number of carbonyl (C=O) groups is 3. The molecule has 0 aliphatic heterocycles. The predicted octanol–water partition coefficient (Wildman–Crippen LogP) is 5.29. The summed E-state index contributed by atoms with van der Waals surface area (Å²) in [5.74, 6) is 1.62. The summed E-state index contributed by atoms with van der Waals surface area (Å²) >= 11 is 0. The van der Waals surface area contributed by atoms with Crippen LogP contribution in [0.25, 0.3) is 0 Å². The van der Waals surface area contributed by atoms with Crippen molar-refractivity contribution >= 4 is 17.5 Å². The van der Waals surface area contributed by atoms with Crippen molar-refractivity contribution in [1.82, 2.24) is 0 Å². The van der Waals surface area contributed by atoms with E-state index in [0.717, 1.165) is 44.9 Å². The molecule has 0 radical (unpaired) electrons. The molecule has 0 heterocycles. The minimum absolute atomic E-state index is 0.0248. The van der Waals surface area contributed by atoms with Gasteiger partial charge in [-0.05, 0) is 81.5 Å². The van der Waals surface area contributed by atoms with E-state index in [-0.39, 0.29) is 40.5 Å². The number of ketones is 2. The van der Waals surface area contributed by atoms with Gasteiger partial charge in [0.25, 0.3) is 0 Å². The van der Waals surface area contributed by atoms with Crippen LogP contribution in [0.1, 0.15) is 85.0 Å². The third-order valence-electron chi connectivity index (χ3n) is 9.68. The Morgan fingerprint density at radius 2 is 1.90 bits per heavy atom. The van der Waals surface area contributed by atoms with Gasteiger partial charge in [0.05, 0.1) is 0 Å². The number of fused-ring (bicyclic) bond motifs is 5. The molecule has 8 atom stereocenters. The van der Waals surface area contributed by atoms with Gasteiger partial charge < -0.3 is 4.74 Å². The Balaban J connectivity index is 1.64. The second-order valence-corrected chi connectivity index (χ2v) is 11.0. The van der Waals surface area contributed by atoms with Crippen LogP contribution in [-0.2, 0) is 19.1 Å². The van der Waals surface area contributed by atoms with Crippen molar-refractivity contribution in [2.24, 2.45) is 40.4 Å². The molecule has 166 valence electrons. The van der Waals surface area contributed by atoms with Crippen molar-refractivity contribution in [2.75, 3.05) is 0 Å². The largest absolute Gasteiger partial charge is 0.462 e. The number of hydrogen-bond donors (Lipinski definition) is 0. The molecule has 0 aromatic heterocycles.